The third kappa shape index (κ3) is 3.54. The van der Waals surface area contributed by atoms with Crippen molar-refractivity contribution in [1.82, 2.24) is 15.1 Å². The number of aliphatic hydroxyl groups is 1. The molecule has 0 saturated heterocycles. The fourth-order valence-electron chi connectivity index (χ4n) is 2.56. The van der Waals surface area contributed by atoms with Crippen molar-refractivity contribution in [2.45, 2.75) is 32.8 Å². The molecule has 22 heavy (non-hydrogen) atoms. The van der Waals surface area contributed by atoms with Gasteiger partial charge in [-0.15, -0.1) is 0 Å². The Kier molecular flexibility index (Phi) is 4.66. The smallest absolute Gasteiger partial charge is 0.226 e. The van der Waals surface area contributed by atoms with Crippen molar-refractivity contribution < 1.29 is 9.90 Å². The molecule has 1 aromatic carbocycles. The normalized spacial score (nSPS) is 13.7. The standard InChI is InChI=1S/C17H23N3O2/c1-12-15(13(2)19-18-12)10-16(21)20(4)11-17(3,22)14-8-6-5-7-9-14/h5-9,22H,10-11H2,1-4H3,(H,18,19). The van der Waals surface area contributed by atoms with Gasteiger partial charge in [0.25, 0.3) is 0 Å². The largest absolute Gasteiger partial charge is 0.384 e. The van der Waals surface area contributed by atoms with E-state index in [1.165, 1.54) is 0 Å². The van der Waals surface area contributed by atoms with Crippen LogP contribution in [0.15, 0.2) is 30.3 Å². The zero-order chi connectivity index (χ0) is 16.3. The molecule has 0 aliphatic carbocycles. The number of nitrogens with zero attached hydrogens (tertiary/aromatic N) is 2. The van der Waals surface area contributed by atoms with Crippen molar-refractivity contribution in [3.63, 3.8) is 0 Å². The SMILES string of the molecule is Cc1n[nH]c(C)c1CC(=O)N(C)CC(C)(O)c1ccccc1. The van der Waals surface area contributed by atoms with Gasteiger partial charge in [0.05, 0.1) is 18.7 Å². The van der Waals surface area contributed by atoms with E-state index in [0.717, 1.165) is 22.5 Å². The molecule has 5 heteroatoms. The Morgan fingerprint density at radius 2 is 1.95 bits per heavy atom. The minimum Gasteiger partial charge on any atom is -0.384 e. The molecular weight excluding hydrogens is 278 g/mol. The molecule has 1 aromatic heterocycles. The van der Waals surface area contributed by atoms with Crippen LogP contribution in [0.4, 0.5) is 0 Å². The van der Waals surface area contributed by atoms with Crippen molar-refractivity contribution >= 4 is 5.91 Å². The summed E-state index contributed by atoms with van der Waals surface area (Å²) in [6.07, 6.45) is 0.287. The van der Waals surface area contributed by atoms with Crippen LogP contribution in [0.25, 0.3) is 0 Å². The van der Waals surface area contributed by atoms with Gasteiger partial charge >= 0.3 is 0 Å². The maximum atomic E-state index is 12.4. The lowest BCUT2D eigenvalue weighted by Crippen LogP contribution is -2.40. The van der Waals surface area contributed by atoms with Gasteiger partial charge in [-0.05, 0) is 26.3 Å². The van der Waals surface area contributed by atoms with E-state index < -0.39 is 5.60 Å². The lowest BCUT2D eigenvalue weighted by atomic mass is 9.95. The van der Waals surface area contributed by atoms with Crippen molar-refractivity contribution in [3.05, 3.63) is 52.8 Å². The van der Waals surface area contributed by atoms with Crippen LogP contribution < -0.4 is 0 Å². The average Bonchev–Trinajstić information content (AvgIpc) is 2.79. The molecule has 1 atom stereocenters. The summed E-state index contributed by atoms with van der Waals surface area (Å²) in [6, 6.07) is 9.39. The van der Waals surface area contributed by atoms with Gasteiger partial charge in [-0.2, -0.15) is 5.10 Å². The molecule has 0 spiro atoms. The number of rotatable bonds is 5. The molecule has 2 rings (SSSR count). The summed E-state index contributed by atoms with van der Waals surface area (Å²) in [5, 5.41) is 17.6. The number of carbonyl (C=O) groups is 1. The van der Waals surface area contributed by atoms with Crippen molar-refractivity contribution in [2.24, 2.45) is 0 Å². The third-order valence-electron chi connectivity index (χ3n) is 3.98. The Hall–Kier alpha value is -2.14. The molecule has 0 fully saturated rings. The van der Waals surface area contributed by atoms with Gasteiger partial charge in [0.2, 0.25) is 5.91 Å². The van der Waals surface area contributed by atoms with E-state index in [2.05, 4.69) is 10.2 Å². The van der Waals surface area contributed by atoms with Gasteiger partial charge in [-0.3, -0.25) is 9.89 Å². The summed E-state index contributed by atoms with van der Waals surface area (Å²) in [5.74, 6) is -0.0381. The van der Waals surface area contributed by atoms with Crippen LogP contribution in [0.3, 0.4) is 0 Å². The Labute approximate surface area is 131 Å². The number of nitrogens with one attached hydrogen (secondary N) is 1. The fraction of sp³-hybridized carbons (Fsp3) is 0.412. The van der Waals surface area contributed by atoms with Crippen LogP contribution in [0.2, 0.25) is 0 Å². The molecule has 1 amide bonds. The molecule has 0 aliphatic rings. The molecule has 0 saturated carbocycles. The van der Waals surface area contributed by atoms with Crippen LogP contribution in [0, 0.1) is 13.8 Å². The zero-order valence-electron chi connectivity index (χ0n) is 13.6. The zero-order valence-corrected chi connectivity index (χ0v) is 13.6. The molecule has 1 heterocycles. The van der Waals surface area contributed by atoms with Crippen molar-refractivity contribution in [3.8, 4) is 0 Å². The highest BCUT2D eigenvalue weighted by atomic mass is 16.3. The maximum absolute atomic E-state index is 12.4. The quantitative estimate of drug-likeness (QED) is 0.886. The van der Waals surface area contributed by atoms with Gasteiger partial charge in [-0.1, -0.05) is 30.3 Å². The van der Waals surface area contributed by atoms with E-state index in [1.807, 2.05) is 44.2 Å². The second-order valence-corrected chi connectivity index (χ2v) is 5.98. The highest BCUT2D eigenvalue weighted by molar-refractivity contribution is 5.79. The number of carbonyl (C=O) groups excluding carboxylic acids is 1. The highest BCUT2D eigenvalue weighted by Crippen LogP contribution is 2.21. The van der Waals surface area contributed by atoms with Crippen LogP contribution in [-0.4, -0.2) is 39.7 Å². The molecule has 2 aromatic rings. The number of H-pyrrole nitrogens is 1. The number of benzene rings is 1. The van der Waals surface area contributed by atoms with Crippen LogP contribution in [0.1, 0.15) is 29.4 Å². The molecule has 1 unspecified atom stereocenters. The first kappa shape index (κ1) is 16.2. The lowest BCUT2D eigenvalue weighted by molar-refractivity contribution is -0.132. The van der Waals surface area contributed by atoms with Gasteiger partial charge in [0.1, 0.15) is 5.60 Å². The minimum absolute atomic E-state index is 0.0381. The molecule has 0 aliphatic heterocycles. The summed E-state index contributed by atoms with van der Waals surface area (Å²) in [5.41, 5.74) is 2.40. The van der Waals surface area contributed by atoms with Gasteiger partial charge < -0.3 is 10.0 Å². The highest BCUT2D eigenvalue weighted by Gasteiger charge is 2.27. The third-order valence-corrected chi connectivity index (χ3v) is 3.98. The van der Waals surface area contributed by atoms with E-state index in [1.54, 1.807) is 18.9 Å². The van der Waals surface area contributed by atoms with Crippen LogP contribution in [-0.2, 0) is 16.8 Å². The Bertz CT molecular complexity index is 628. The molecule has 2 N–H and O–H groups in total. The summed E-state index contributed by atoms with van der Waals surface area (Å²) < 4.78 is 0. The topological polar surface area (TPSA) is 69.2 Å². The first-order chi connectivity index (χ1) is 10.3. The van der Waals surface area contributed by atoms with E-state index >= 15 is 0 Å². The predicted octanol–water partition coefficient (Wildman–Crippen LogP) is 1.94. The van der Waals surface area contributed by atoms with E-state index in [4.69, 9.17) is 0 Å². The Morgan fingerprint density at radius 1 is 1.32 bits per heavy atom. The van der Waals surface area contributed by atoms with Gasteiger partial charge in [0, 0.05) is 18.3 Å². The number of aromatic nitrogens is 2. The summed E-state index contributed by atoms with van der Waals surface area (Å²) in [6.45, 7) is 5.75. The number of amides is 1. The summed E-state index contributed by atoms with van der Waals surface area (Å²) >= 11 is 0. The molecule has 0 radical (unpaired) electrons. The number of aryl methyl sites for hydroxylation is 2. The van der Waals surface area contributed by atoms with Gasteiger partial charge in [0.15, 0.2) is 0 Å². The minimum atomic E-state index is -1.08. The van der Waals surface area contributed by atoms with E-state index in [9.17, 15) is 9.90 Å². The molecule has 0 bridgehead atoms. The first-order valence-corrected chi connectivity index (χ1v) is 7.33. The number of hydrogen-bond donors (Lipinski definition) is 2. The Balaban J connectivity index is 2.05. The summed E-state index contributed by atoms with van der Waals surface area (Å²) in [4.78, 5) is 14.0. The van der Waals surface area contributed by atoms with Crippen LogP contribution >= 0.6 is 0 Å². The van der Waals surface area contributed by atoms with E-state index in [-0.39, 0.29) is 18.9 Å². The predicted molar refractivity (Wildman–Crippen MR) is 85.4 cm³/mol. The summed E-state index contributed by atoms with van der Waals surface area (Å²) in [7, 11) is 1.71. The van der Waals surface area contributed by atoms with Crippen molar-refractivity contribution in [2.75, 3.05) is 13.6 Å². The fourth-order valence-corrected chi connectivity index (χ4v) is 2.56. The second kappa shape index (κ2) is 6.32. The lowest BCUT2D eigenvalue weighted by Gasteiger charge is -2.29. The van der Waals surface area contributed by atoms with Gasteiger partial charge in [-0.25, -0.2) is 0 Å². The van der Waals surface area contributed by atoms with E-state index in [0.29, 0.717) is 0 Å². The molecule has 118 valence electrons. The average molecular weight is 301 g/mol. The number of aromatic amines is 1. The molecular formula is C17H23N3O2. The Morgan fingerprint density at radius 3 is 2.50 bits per heavy atom. The van der Waals surface area contributed by atoms with Crippen molar-refractivity contribution in [1.29, 1.82) is 0 Å². The number of likely N-dealkylation sites (N-methyl/N-ethyl adjacent to an activating group) is 1. The van der Waals surface area contributed by atoms with Crippen LogP contribution in [0.5, 0.6) is 0 Å². The monoisotopic (exact) mass is 301 g/mol. The molecule has 5 nitrogen and oxygen atoms in total. The first-order valence-electron chi connectivity index (χ1n) is 7.33. The second-order valence-electron chi connectivity index (χ2n) is 5.98. The maximum Gasteiger partial charge on any atom is 0.226 e. The number of hydrogen-bond acceptors (Lipinski definition) is 3.